The van der Waals surface area contributed by atoms with Crippen LogP contribution in [-0.4, -0.2) is 21.9 Å². The van der Waals surface area contributed by atoms with Gasteiger partial charge in [0, 0.05) is 17.7 Å². The Bertz CT molecular complexity index is 777. The molecular weight excluding hydrogens is 307 g/mol. The number of nitrogens with one attached hydrogen (secondary N) is 1. The maximum atomic E-state index is 12.9. The second-order valence-electron chi connectivity index (χ2n) is 5.64. The zero-order valence-electron chi connectivity index (χ0n) is 13.7. The van der Waals surface area contributed by atoms with E-state index in [2.05, 4.69) is 20.7 Å². The summed E-state index contributed by atoms with van der Waals surface area (Å²) in [7, 11) is 0. The van der Waals surface area contributed by atoms with Crippen LogP contribution in [0.25, 0.3) is 11.3 Å². The largest absolute Gasteiger partial charge is 0.369 e. The first-order chi connectivity index (χ1) is 11.6. The predicted octanol–water partition coefficient (Wildman–Crippen LogP) is 3.93. The molecule has 24 heavy (non-hydrogen) atoms. The van der Waals surface area contributed by atoms with Gasteiger partial charge in [0.25, 0.3) is 0 Å². The number of hydrogen-bond acceptors (Lipinski definition) is 5. The molecule has 3 aromatic rings. The Labute approximate surface area is 139 Å². The van der Waals surface area contributed by atoms with Gasteiger partial charge < -0.3 is 9.84 Å². The van der Waals surface area contributed by atoms with E-state index in [0.717, 1.165) is 47.9 Å². The molecule has 0 unspecified atom stereocenters. The summed E-state index contributed by atoms with van der Waals surface area (Å²) in [5, 5.41) is 15.5. The first kappa shape index (κ1) is 16.1. The monoisotopic (exact) mass is 326 g/mol. The van der Waals surface area contributed by atoms with Crippen molar-refractivity contribution in [2.45, 2.75) is 26.7 Å². The van der Waals surface area contributed by atoms with Crippen LogP contribution in [0.5, 0.6) is 0 Å². The fourth-order valence-corrected chi connectivity index (χ4v) is 2.54. The number of benzene rings is 1. The van der Waals surface area contributed by atoms with Crippen LogP contribution in [0.4, 0.5) is 10.2 Å². The lowest BCUT2D eigenvalue weighted by molar-refractivity contribution is 0.392. The maximum Gasteiger partial charge on any atom is 0.148 e. The van der Waals surface area contributed by atoms with Crippen molar-refractivity contribution in [1.82, 2.24) is 15.4 Å². The summed E-state index contributed by atoms with van der Waals surface area (Å²) >= 11 is 0. The number of aryl methyl sites for hydroxylation is 2. The van der Waals surface area contributed by atoms with Crippen LogP contribution in [-0.2, 0) is 6.42 Å². The summed E-state index contributed by atoms with van der Waals surface area (Å²) < 4.78 is 18.1. The third kappa shape index (κ3) is 3.76. The average Bonchev–Trinajstić information content (AvgIpc) is 2.92. The standard InChI is InChI=1S/C18H19FN4O/c1-12-16(13(2)24-23-12)4-3-11-20-18-10-9-17(21-22-18)14-5-7-15(19)8-6-14/h5-10H,3-4,11H2,1-2H3,(H,20,22). The summed E-state index contributed by atoms with van der Waals surface area (Å²) in [6.45, 7) is 4.68. The summed E-state index contributed by atoms with van der Waals surface area (Å²) in [6.07, 6.45) is 1.86. The summed E-state index contributed by atoms with van der Waals surface area (Å²) in [4.78, 5) is 0. The maximum absolute atomic E-state index is 12.9. The van der Waals surface area contributed by atoms with Crippen molar-refractivity contribution in [3.63, 3.8) is 0 Å². The molecule has 1 aromatic carbocycles. The highest BCUT2D eigenvalue weighted by molar-refractivity contribution is 5.59. The van der Waals surface area contributed by atoms with E-state index in [4.69, 9.17) is 4.52 Å². The third-order valence-electron chi connectivity index (χ3n) is 3.90. The topological polar surface area (TPSA) is 63.8 Å². The quantitative estimate of drug-likeness (QED) is 0.695. The van der Waals surface area contributed by atoms with Gasteiger partial charge >= 0.3 is 0 Å². The minimum absolute atomic E-state index is 0.261. The van der Waals surface area contributed by atoms with E-state index < -0.39 is 0 Å². The molecule has 0 aliphatic carbocycles. The van der Waals surface area contributed by atoms with Crippen LogP contribution < -0.4 is 5.32 Å². The zero-order valence-corrected chi connectivity index (χ0v) is 13.7. The number of hydrogen-bond donors (Lipinski definition) is 1. The molecule has 2 aromatic heterocycles. The molecule has 6 heteroatoms. The van der Waals surface area contributed by atoms with E-state index >= 15 is 0 Å². The van der Waals surface area contributed by atoms with Crippen LogP contribution in [0.1, 0.15) is 23.4 Å². The highest BCUT2D eigenvalue weighted by Crippen LogP contribution is 2.18. The first-order valence-electron chi connectivity index (χ1n) is 7.89. The van der Waals surface area contributed by atoms with E-state index in [-0.39, 0.29) is 5.82 Å². The van der Waals surface area contributed by atoms with Crippen LogP contribution in [0.15, 0.2) is 40.9 Å². The molecule has 0 radical (unpaired) electrons. The fraction of sp³-hybridized carbons (Fsp3) is 0.278. The lowest BCUT2D eigenvalue weighted by Crippen LogP contribution is -2.06. The number of nitrogens with zero attached hydrogens (tertiary/aromatic N) is 3. The predicted molar refractivity (Wildman–Crippen MR) is 90.2 cm³/mol. The van der Waals surface area contributed by atoms with Crippen LogP contribution in [0, 0.1) is 19.7 Å². The minimum Gasteiger partial charge on any atom is -0.369 e. The molecule has 5 nitrogen and oxygen atoms in total. The van der Waals surface area contributed by atoms with Crippen molar-refractivity contribution in [1.29, 1.82) is 0 Å². The van der Waals surface area contributed by atoms with Crippen molar-refractivity contribution in [2.24, 2.45) is 0 Å². The van der Waals surface area contributed by atoms with Gasteiger partial charge in [0.05, 0.1) is 11.4 Å². The van der Waals surface area contributed by atoms with Crippen molar-refractivity contribution >= 4 is 5.82 Å². The van der Waals surface area contributed by atoms with Crippen molar-refractivity contribution < 1.29 is 8.91 Å². The Morgan fingerprint density at radius 1 is 1.04 bits per heavy atom. The molecule has 0 atom stereocenters. The van der Waals surface area contributed by atoms with Gasteiger partial charge in [0.2, 0.25) is 0 Å². The second-order valence-corrected chi connectivity index (χ2v) is 5.64. The molecule has 1 N–H and O–H groups in total. The van der Waals surface area contributed by atoms with E-state index in [1.54, 1.807) is 12.1 Å². The van der Waals surface area contributed by atoms with Gasteiger partial charge in [0.15, 0.2) is 0 Å². The highest BCUT2D eigenvalue weighted by atomic mass is 19.1. The number of aromatic nitrogens is 3. The number of anilines is 1. The molecule has 0 saturated heterocycles. The Morgan fingerprint density at radius 2 is 1.83 bits per heavy atom. The first-order valence-corrected chi connectivity index (χ1v) is 7.89. The van der Waals surface area contributed by atoms with Gasteiger partial charge in [-0.05, 0) is 63.1 Å². The normalized spacial score (nSPS) is 10.8. The highest BCUT2D eigenvalue weighted by Gasteiger charge is 2.08. The van der Waals surface area contributed by atoms with Crippen LogP contribution in [0.3, 0.4) is 0 Å². The average molecular weight is 326 g/mol. The summed E-state index contributed by atoms with van der Waals surface area (Å²) in [5.41, 5.74) is 3.69. The van der Waals surface area contributed by atoms with Gasteiger partial charge in [-0.25, -0.2) is 4.39 Å². The van der Waals surface area contributed by atoms with Crippen molar-refractivity contribution in [2.75, 3.05) is 11.9 Å². The SMILES string of the molecule is Cc1noc(C)c1CCCNc1ccc(-c2ccc(F)cc2)nn1. The molecule has 124 valence electrons. The molecule has 0 aliphatic rings. The molecule has 0 bridgehead atoms. The van der Waals surface area contributed by atoms with Gasteiger partial charge in [-0.3, -0.25) is 0 Å². The molecule has 2 heterocycles. The number of halogens is 1. The van der Waals surface area contributed by atoms with Crippen LogP contribution >= 0.6 is 0 Å². The molecular formula is C18H19FN4O. The smallest absolute Gasteiger partial charge is 0.148 e. The molecule has 0 aliphatic heterocycles. The Hall–Kier alpha value is -2.76. The van der Waals surface area contributed by atoms with E-state index in [1.165, 1.54) is 17.7 Å². The Kier molecular flexibility index (Phi) is 4.84. The van der Waals surface area contributed by atoms with Gasteiger partial charge in [-0.15, -0.1) is 10.2 Å². The lowest BCUT2D eigenvalue weighted by Gasteiger charge is -2.06. The molecule has 3 rings (SSSR count). The van der Waals surface area contributed by atoms with E-state index in [9.17, 15) is 4.39 Å². The summed E-state index contributed by atoms with van der Waals surface area (Å²) in [6, 6.07) is 9.96. The fourth-order valence-electron chi connectivity index (χ4n) is 2.54. The molecule has 0 spiro atoms. The number of rotatable bonds is 6. The second kappa shape index (κ2) is 7.21. The molecule has 0 amide bonds. The van der Waals surface area contributed by atoms with E-state index in [0.29, 0.717) is 0 Å². The third-order valence-corrected chi connectivity index (χ3v) is 3.90. The van der Waals surface area contributed by atoms with Gasteiger partial charge in [-0.1, -0.05) is 5.16 Å². The summed E-state index contributed by atoms with van der Waals surface area (Å²) in [5.74, 6) is 1.35. The van der Waals surface area contributed by atoms with Crippen molar-refractivity contribution in [3.8, 4) is 11.3 Å². The molecule has 0 fully saturated rings. The Balaban J connectivity index is 1.52. The molecule has 0 saturated carbocycles. The van der Waals surface area contributed by atoms with E-state index in [1.807, 2.05) is 26.0 Å². The van der Waals surface area contributed by atoms with Gasteiger partial charge in [0.1, 0.15) is 17.4 Å². The van der Waals surface area contributed by atoms with Crippen molar-refractivity contribution in [3.05, 3.63) is 59.2 Å². The van der Waals surface area contributed by atoms with Crippen LogP contribution in [0.2, 0.25) is 0 Å². The Morgan fingerprint density at radius 3 is 2.46 bits per heavy atom. The van der Waals surface area contributed by atoms with Gasteiger partial charge in [-0.2, -0.15) is 0 Å². The zero-order chi connectivity index (χ0) is 16.9. The minimum atomic E-state index is -0.261. The lowest BCUT2D eigenvalue weighted by atomic mass is 10.1.